The minimum absolute atomic E-state index is 0.481. The van der Waals surface area contributed by atoms with E-state index in [-0.39, 0.29) is 0 Å². The summed E-state index contributed by atoms with van der Waals surface area (Å²) in [5.74, 6) is 2.41. The molecule has 1 heteroatoms. The van der Waals surface area contributed by atoms with Crippen LogP contribution < -0.4 is 5.73 Å². The Morgan fingerprint density at radius 1 is 1.30 bits per heavy atom. The van der Waals surface area contributed by atoms with Crippen molar-refractivity contribution in [2.75, 3.05) is 0 Å². The lowest BCUT2D eigenvalue weighted by molar-refractivity contribution is 0.288. The third-order valence-corrected chi connectivity index (χ3v) is 2.88. The first-order chi connectivity index (χ1) is 4.63. The van der Waals surface area contributed by atoms with E-state index in [1.165, 1.54) is 12.8 Å². The smallest absolute Gasteiger partial charge is 0.00722 e. The molecule has 2 N–H and O–H groups in total. The third kappa shape index (κ3) is 1.34. The summed E-state index contributed by atoms with van der Waals surface area (Å²) in [6.45, 7) is 6.90. The quantitative estimate of drug-likeness (QED) is 0.594. The summed E-state index contributed by atoms with van der Waals surface area (Å²) < 4.78 is 0. The highest BCUT2D eigenvalue weighted by atomic mass is 14.7. The van der Waals surface area contributed by atoms with Crippen molar-refractivity contribution in [3.05, 3.63) is 0 Å². The van der Waals surface area contributed by atoms with Crippen molar-refractivity contribution in [3.8, 4) is 0 Å². The van der Waals surface area contributed by atoms with Crippen molar-refractivity contribution in [3.63, 3.8) is 0 Å². The summed E-state index contributed by atoms with van der Waals surface area (Å²) >= 11 is 0. The molecule has 0 spiro atoms. The first-order valence-electron chi connectivity index (χ1n) is 4.38. The molecule has 1 fully saturated rings. The fraction of sp³-hybridized carbons (Fsp3) is 1.00. The first-order valence-corrected chi connectivity index (χ1v) is 4.38. The van der Waals surface area contributed by atoms with Gasteiger partial charge in [-0.25, -0.2) is 0 Å². The Balaban J connectivity index is 2.54. The van der Waals surface area contributed by atoms with Gasteiger partial charge in [0.05, 0.1) is 0 Å². The third-order valence-electron chi connectivity index (χ3n) is 2.88. The zero-order chi connectivity index (χ0) is 7.72. The summed E-state index contributed by atoms with van der Waals surface area (Å²) in [6.07, 6.45) is 2.58. The van der Waals surface area contributed by atoms with Crippen molar-refractivity contribution < 1.29 is 0 Å². The zero-order valence-corrected chi connectivity index (χ0v) is 7.30. The van der Waals surface area contributed by atoms with E-state index in [0.717, 1.165) is 17.8 Å². The molecule has 1 rings (SSSR count). The SMILES string of the molecule is CC(C)C1C(C)CCC1N. The van der Waals surface area contributed by atoms with E-state index in [2.05, 4.69) is 20.8 Å². The van der Waals surface area contributed by atoms with Gasteiger partial charge in [-0.15, -0.1) is 0 Å². The van der Waals surface area contributed by atoms with Crippen LogP contribution in [0.1, 0.15) is 33.6 Å². The van der Waals surface area contributed by atoms with E-state index >= 15 is 0 Å². The molecule has 3 unspecified atom stereocenters. The molecule has 60 valence electrons. The fourth-order valence-corrected chi connectivity index (χ4v) is 2.41. The van der Waals surface area contributed by atoms with E-state index in [1.807, 2.05) is 0 Å². The zero-order valence-electron chi connectivity index (χ0n) is 7.30. The van der Waals surface area contributed by atoms with E-state index in [4.69, 9.17) is 5.73 Å². The lowest BCUT2D eigenvalue weighted by Crippen LogP contribution is -2.30. The van der Waals surface area contributed by atoms with Crippen LogP contribution in [0.25, 0.3) is 0 Å². The average Bonchev–Trinajstić information content (AvgIpc) is 2.11. The van der Waals surface area contributed by atoms with Crippen LogP contribution in [0.3, 0.4) is 0 Å². The molecule has 0 radical (unpaired) electrons. The molecule has 3 atom stereocenters. The van der Waals surface area contributed by atoms with Crippen molar-refractivity contribution in [1.82, 2.24) is 0 Å². The van der Waals surface area contributed by atoms with Crippen LogP contribution in [0.2, 0.25) is 0 Å². The largest absolute Gasteiger partial charge is 0.327 e. The molecular weight excluding hydrogens is 122 g/mol. The predicted molar refractivity (Wildman–Crippen MR) is 44.7 cm³/mol. The van der Waals surface area contributed by atoms with E-state index in [0.29, 0.717) is 6.04 Å². The Labute approximate surface area is 64.0 Å². The number of hydrogen-bond acceptors (Lipinski definition) is 1. The standard InChI is InChI=1S/C9H19N/c1-6(2)9-7(3)4-5-8(9)10/h6-9H,4-5,10H2,1-3H3. The van der Waals surface area contributed by atoms with Gasteiger partial charge in [-0.3, -0.25) is 0 Å². The van der Waals surface area contributed by atoms with Crippen LogP contribution in [-0.2, 0) is 0 Å². The van der Waals surface area contributed by atoms with Crippen LogP contribution in [0, 0.1) is 17.8 Å². The van der Waals surface area contributed by atoms with E-state index < -0.39 is 0 Å². The lowest BCUT2D eigenvalue weighted by atomic mass is 9.85. The monoisotopic (exact) mass is 141 g/mol. The Hall–Kier alpha value is -0.0400. The number of rotatable bonds is 1. The van der Waals surface area contributed by atoms with Crippen molar-refractivity contribution in [2.45, 2.75) is 39.7 Å². The minimum Gasteiger partial charge on any atom is -0.327 e. The molecule has 0 bridgehead atoms. The molecule has 0 aromatic rings. The Bertz CT molecular complexity index is 99.3. The van der Waals surface area contributed by atoms with Gasteiger partial charge in [-0.2, -0.15) is 0 Å². The first kappa shape index (κ1) is 8.06. The Morgan fingerprint density at radius 3 is 2.10 bits per heavy atom. The topological polar surface area (TPSA) is 26.0 Å². The number of hydrogen-bond donors (Lipinski definition) is 1. The van der Waals surface area contributed by atoms with Gasteiger partial charge in [0, 0.05) is 6.04 Å². The normalized spacial score (nSPS) is 41.1. The molecule has 1 aliphatic carbocycles. The van der Waals surface area contributed by atoms with Crippen LogP contribution in [0.4, 0.5) is 0 Å². The van der Waals surface area contributed by atoms with Gasteiger partial charge in [-0.05, 0) is 30.6 Å². The lowest BCUT2D eigenvalue weighted by Gasteiger charge is -2.23. The second-order valence-electron chi connectivity index (χ2n) is 4.04. The molecule has 1 nitrogen and oxygen atoms in total. The maximum absolute atomic E-state index is 5.97. The van der Waals surface area contributed by atoms with E-state index in [1.54, 1.807) is 0 Å². The van der Waals surface area contributed by atoms with Gasteiger partial charge in [0.25, 0.3) is 0 Å². The number of nitrogens with two attached hydrogens (primary N) is 1. The maximum Gasteiger partial charge on any atom is 0.00722 e. The van der Waals surface area contributed by atoms with Crippen LogP contribution in [-0.4, -0.2) is 6.04 Å². The van der Waals surface area contributed by atoms with Crippen molar-refractivity contribution in [1.29, 1.82) is 0 Å². The van der Waals surface area contributed by atoms with Gasteiger partial charge in [0.2, 0.25) is 0 Å². The summed E-state index contributed by atoms with van der Waals surface area (Å²) in [5, 5.41) is 0. The highest BCUT2D eigenvalue weighted by Crippen LogP contribution is 2.35. The molecular formula is C9H19N. The summed E-state index contributed by atoms with van der Waals surface area (Å²) in [6, 6.07) is 0.481. The molecule has 0 aromatic heterocycles. The molecule has 0 aromatic carbocycles. The van der Waals surface area contributed by atoms with Crippen LogP contribution >= 0.6 is 0 Å². The summed E-state index contributed by atoms with van der Waals surface area (Å²) in [4.78, 5) is 0. The van der Waals surface area contributed by atoms with Crippen LogP contribution in [0.15, 0.2) is 0 Å². The Kier molecular flexibility index (Phi) is 2.35. The van der Waals surface area contributed by atoms with Gasteiger partial charge < -0.3 is 5.73 Å². The molecule has 1 saturated carbocycles. The predicted octanol–water partition coefficient (Wildman–Crippen LogP) is 2.02. The molecule has 0 saturated heterocycles. The molecule has 0 heterocycles. The molecule has 0 aliphatic heterocycles. The average molecular weight is 141 g/mol. The minimum atomic E-state index is 0.481. The molecule has 1 aliphatic rings. The van der Waals surface area contributed by atoms with Gasteiger partial charge in [0.15, 0.2) is 0 Å². The van der Waals surface area contributed by atoms with Crippen molar-refractivity contribution >= 4 is 0 Å². The van der Waals surface area contributed by atoms with Gasteiger partial charge in [-0.1, -0.05) is 20.8 Å². The van der Waals surface area contributed by atoms with Gasteiger partial charge in [0.1, 0.15) is 0 Å². The summed E-state index contributed by atoms with van der Waals surface area (Å²) in [7, 11) is 0. The fourth-order valence-electron chi connectivity index (χ4n) is 2.41. The maximum atomic E-state index is 5.97. The highest BCUT2D eigenvalue weighted by Gasteiger charge is 2.32. The molecule has 10 heavy (non-hydrogen) atoms. The van der Waals surface area contributed by atoms with Crippen molar-refractivity contribution in [2.24, 2.45) is 23.5 Å². The Morgan fingerprint density at radius 2 is 1.90 bits per heavy atom. The van der Waals surface area contributed by atoms with Gasteiger partial charge >= 0.3 is 0 Å². The second-order valence-corrected chi connectivity index (χ2v) is 4.04. The van der Waals surface area contributed by atoms with E-state index in [9.17, 15) is 0 Å². The molecule has 0 amide bonds. The highest BCUT2D eigenvalue weighted by molar-refractivity contribution is 4.86. The second kappa shape index (κ2) is 2.91. The van der Waals surface area contributed by atoms with Crippen LogP contribution in [0.5, 0.6) is 0 Å². The summed E-state index contributed by atoms with van der Waals surface area (Å²) in [5.41, 5.74) is 5.97.